The van der Waals surface area contributed by atoms with Crippen molar-refractivity contribution in [1.29, 1.82) is 0 Å². The summed E-state index contributed by atoms with van der Waals surface area (Å²) in [6.07, 6.45) is 0.110. The first-order chi connectivity index (χ1) is 11.4. The van der Waals surface area contributed by atoms with Crippen molar-refractivity contribution in [2.75, 3.05) is 13.7 Å². The maximum Gasteiger partial charge on any atom is 0.314 e. The van der Waals surface area contributed by atoms with E-state index in [4.69, 9.17) is 9.26 Å². The first-order valence-electron chi connectivity index (χ1n) is 7.44. The number of hydrogen-bond donors (Lipinski definition) is 1. The highest BCUT2D eigenvalue weighted by Gasteiger charge is 2.23. The number of aromatic nitrogens is 1. The number of carbonyl (C=O) groups excluding carboxylic acids is 2. The van der Waals surface area contributed by atoms with Crippen molar-refractivity contribution in [2.45, 2.75) is 26.2 Å². The highest BCUT2D eigenvalue weighted by molar-refractivity contribution is 5.82. The molecule has 6 nitrogen and oxygen atoms in total. The summed E-state index contributed by atoms with van der Waals surface area (Å²) in [5.41, 5.74) is 1.95. The number of hydrogen-bond acceptors (Lipinski definition) is 5. The van der Waals surface area contributed by atoms with Gasteiger partial charge in [-0.15, -0.1) is 0 Å². The Morgan fingerprint density at radius 3 is 2.50 bits per heavy atom. The van der Waals surface area contributed by atoms with Crippen molar-refractivity contribution < 1.29 is 23.2 Å². The van der Waals surface area contributed by atoms with Gasteiger partial charge in [-0.3, -0.25) is 9.59 Å². The average Bonchev–Trinajstić information content (AvgIpc) is 2.88. The van der Waals surface area contributed by atoms with E-state index >= 15 is 0 Å². The van der Waals surface area contributed by atoms with Crippen molar-refractivity contribution in [2.24, 2.45) is 0 Å². The summed E-state index contributed by atoms with van der Waals surface area (Å²) in [5.74, 6) is -1.28. The highest BCUT2D eigenvalue weighted by Crippen LogP contribution is 2.18. The lowest BCUT2D eigenvalue weighted by atomic mass is 9.99. The summed E-state index contributed by atoms with van der Waals surface area (Å²) in [6.45, 7) is 3.55. The third-order valence-electron chi connectivity index (χ3n) is 3.78. The maximum atomic E-state index is 13.0. The molecule has 2 rings (SSSR count). The van der Waals surface area contributed by atoms with E-state index < -0.39 is 17.7 Å². The van der Waals surface area contributed by atoms with E-state index in [1.54, 1.807) is 13.8 Å². The summed E-state index contributed by atoms with van der Waals surface area (Å²) in [5, 5.41) is 6.50. The molecule has 2 aromatic rings. The Balaban J connectivity index is 2.03. The van der Waals surface area contributed by atoms with E-state index in [0.717, 1.165) is 5.56 Å². The van der Waals surface area contributed by atoms with Crippen LogP contribution in [0.15, 0.2) is 28.8 Å². The molecule has 24 heavy (non-hydrogen) atoms. The average molecular weight is 334 g/mol. The van der Waals surface area contributed by atoms with Gasteiger partial charge in [-0.1, -0.05) is 17.3 Å². The Bertz CT molecular complexity index is 705. The molecule has 0 aliphatic carbocycles. The first kappa shape index (κ1) is 17.7. The molecular weight excluding hydrogens is 315 g/mol. The Morgan fingerprint density at radius 1 is 1.29 bits per heavy atom. The number of carbonyl (C=O) groups is 2. The van der Waals surface area contributed by atoms with E-state index in [2.05, 4.69) is 10.5 Å². The summed E-state index contributed by atoms with van der Waals surface area (Å²) in [4.78, 5) is 24.1. The van der Waals surface area contributed by atoms with Crippen molar-refractivity contribution in [3.8, 4) is 0 Å². The first-order valence-corrected chi connectivity index (χ1v) is 7.44. The van der Waals surface area contributed by atoms with Crippen LogP contribution in [0.4, 0.5) is 4.39 Å². The minimum absolute atomic E-state index is 0.0561. The van der Waals surface area contributed by atoms with Gasteiger partial charge in [-0.25, -0.2) is 4.39 Å². The second-order valence-corrected chi connectivity index (χ2v) is 5.41. The second kappa shape index (κ2) is 7.72. The zero-order chi connectivity index (χ0) is 17.7. The van der Waals surface area contributed by atoms with Crippen LogP contribution in [-0.2, 0) is 20.7 Å². The number of rotatable bonds is 6. The van der Waals surface area contributed by atoms with E-state index in [9.17, 15) is 14.0 Å². The molecule has 0 bridgehead atoms. The smallest absolute Gasteiger partial charge is 0.314 e. The van der Waals surface area contributed by atoms with Crippen LogP contribution in [0.25, 0.3) is 0 Å². The van der Waals surface area contributed by atoms with E-state index in [1.807, 2.05) is 0 Å². The third-order valence-corrected chi connectivity index (χ3v) is 3.78. The summed E-state index contributed by atoms with van der Waals surface area (Å²) in [7, 11) is 1.27. The summed E-state index contributed by atoms with van der Waals surface area (Å²) in [6, 6.07) is 5.52. The molecule has 0 unspecified atom stereocenters. The topological polar surface area (TPSA) is 81.4 Å². The van der Waals surface area contributed by atoms with Crippen LogP contribution in [0.5, 0.6) is 0 Å². The van der Waals surface area contributed by atoms with Gasteiger partial charge in [0.2, 0.25) is 5.91 Å². The number of ether oxygens (including phenoxy) is 1. The van der Waals surface area contributed by atoms with E-state index in [-0.39, 0.29) is 18.9 Å². The molecule has 1 atom stereocenters. The molecule has 0 radical (unpaired) electrons. The van der Waals surface area contributed by atoms with Gasteiger partial charge in [0, 0.05) is 12.1 Å². The van der Waals surface area contributed by atoms with Crippen LogP contribution in [0.1, 0.15) is 28.5 Å². The third kappa shape index (κ3) is 4.18. The number of halogens is 1. The zero-order valence-electron chi connectivity index (χ0n) is 13.8. The fourth-order valence-corrected chi connectivity index (χ4v) is 2.37. The lowest BCUT2D eigenvalue weighted by Crippen LogP contribution is -2.33. The maximum absolute atomic E-state index is 13.0. The van der Waals surface area contributed by atoms with Crippen LogP contribution >= 0.6 is 0 Å². The number of benzene rings is 1. The minimum atomic E-state index is -0.704. The molecule has 0 aliphatic rings. The molecule has 0 spiro atoms. The van der Waals surface area contributed by atoms with E-state index in [0.29, 0.717) is 17.0 Å². The van der Waals surface area contributed by atoms with Gasteiger partial charge in [0.1, 0.15) is 11.6 Å². The summed E-state index contributed by atoms with van der Waals surface area (Å²) >= 11 is 0. The Labute approximate surface area is 139 Å². The van der Waals surface area contributed by atoms with Crippen LogP contribution < -0.4 is 5.32 Å². The number of nitrogens with one attached hydrogen (secondary N) is 1. The monoisotopic (exact) mass is 334 g/mol. The minimum Gasteiger partial charge on any atom is -0.468 e. The van der Waals surface area contributed by atoms with Gasteiger partial charge < -0.3 is 14.6 Å². The van der Waals surface area contributed by atoms with Crippen LogP contribution in [-0.4, -0.2) is 30.7 Å². The van der Waals surface area contributed by atoms with Gasteiger partial charge in [0.25, 0.3) is 0 Å². The van der Waals surface area contributed by atoms with Crippen LogP contribution in [0, 0.1) is 19.7 Å². The number of esters is 1. The Kier molecular flexibility index (Phi) is 5.68. The van der Waals surface area contributed by atoms with Crippen molar-refractivity contribution in [3.63, 3.8) is 0 Å². The van der Waals surface area contributed by atoms with E-state index in [1.165, 1.54) is 31.4 Å². The van der Waals surface area contributed by atoms with Crippen molar-refractivity contribution in [3.05, 3.63) is 52.7 Å². The number of nitrogens with zero attached hydrogens (tertiary/aromatic N) is 1. The van der Waals surface area contributed by atoms with Gasteiger partial charge in [-0.05, 0) is 31.5 Å². The van der Waals surface area contributed by atoms with Crippen LogP contribution in [0.3, 0.4) is 0 Å². The fraction of sp³-hybridized carbons (Fsp3) is 0.353. The zero-order valence-corrected chi connectivity index (χ0v) is 13.8. The molecule has 0 saturated carbocycles. The predicted molar refractivity (Wildman–Crippen MR) is 83.8 cm³/mol. The molecule has 1 aromatic carbocycles. The molecule has 128 valence electrons. The Morgan fingerprint density at radius 2 is 1.96 bits per heavy atom. The number of amides is 1. The van der Waals surface area contributed by atoms with Gasteiger partial charge in [0.05, 0.1) is 25.1 Å². The van der Waals surface area contributed by atoms with Crippen molar-refractivity contribution in [1.82, 2.24) is 10.5 Å². The molecule has 1 heterocycles. The quantitative estimate of drug-likeness (QED) is 0.818. The molecule has 1 N–H and O–H groups in total. The predicted octanol–water partition coefficient (Wildman–Crippen LogP) is 2.05. The number of aryl methyl sites for hydroxylation is 2. The molecule has 0 saturated heterocycles. The lowest BCUT2D eigenvalue weighted by molar-refractivity contribution is -0.142. The number of methoxy groups -OCH3 is 1. The normalized spacial score (nSPS) is 11.8. The molecule has 7 heteroatoms. The molecule has 0 aliphatic heterocycles. The molecule has 0 fully saturated rings. The second-order valence-electron chi connectivity index (χ2n) is 5.41. The van der Waals surface area contributed by atoms with Gasteiger partial charge >= 0.3 is 5.97 Å². The molecule has 1 amide bonds. The van der Waals surface area contributed by atoms with Crippen molar-refractivity contribution >= 4 is 11.9 Å². The highest BCUT2D eigenvalue weighted by atomic mass is 19.1. The lowest BCUT2D eigenvalue weighted by Gasteiger charge is -2.16. The van der Waals surface area contributed by atoms with Gasteiger partial charge in [-0.2, -0.15) is 0 Å². The largest absolute Gasteiger partial charge is 0.468 e. The standard InChI is InChI=1S/C17H19FN2O4/c1-10-14(11(2)24-20-10)8-16(21)19-9-15(17(22)23-3)12-4-6-13(18)7-5-12/h4-7,15H,8-9H2,1-3H3,(H,19,21)/t15-/m1/s1. The SMILES string of the molecule is COC(=O)[C@H](CNC(=O)Cc1c(C)noc1C)c1ccc(F)cc1. The fourth-order valence-electron chi connectivity index (χ4n) is 2.37. The molecule has 1 aromatic heterocycles. The Hall–Kier alpha value is -2.70. The van der Waals surface area contributed by atoms with Gasteiger partial charge in [0.15, 0.2) is 0 Å². The summed E-state index contributed by atoms with van der Waals surface area (Å²) < 4.78 is 22.8. The van der Waals surface area contributed by atoms with Crippen LogP contribution in [0.2, 0.25) is 0 Å². The molecular formula is C17H19FN2O4.